The van der Waals surface area contributed by atoms with Crippen molar-refractivity contribution in [1.29, 1.82) is 5.26 Å². The zero-order valence-electron chi connectivity index (χ0n) is 15.0. The van der Waals surface area contributed by atoms with Crippen LogP contribution in [-0.4, -0.2) is 26.6 Å². The van der Waals surface area contributed by atoms with Crippen molar-refractivity contribution in [2.75, 3.05) is 11.9 Å². The Morgan fingerprint density at radius 1 is 1.25 bits per heavy atom. The Morgan fingerprint density at radius 2 is 2.00 bits per heavy atom. The molecule has 0 aliphatic carbocycles. The predicted molar refractivity (Wildman–Crippen MR) is 108 cm³/mol. The number of thiazole rings is 1. The molecule has 0 bridgehead atoms. The first-order valence-corrected chi connectivity index (χ1v) is 9.65. The summed E-state index contributed by atoms with van der Waals surface area (Å²) in [4.78, 5) is 11.4. The first kappa shape index (κ1) is 18.3. The van der Waals surface area contributed by atoms with E-state index in [1.807, 2.05) is 18.9 Å². The fraction of sp³-hybridized carbons (Fsp3) is 0.158. The molecule has 9 heteroatoms. The molecule has 0 N–H and O–H groups in total. The molecule has 28 heavy (non-hydrogen) atoms. The second-order valence-electron chi connectivity index (χ2n) is 6.02. The third kappa shape index (κ3) is 3.09. The van der Waals surface area contributed by atoms with E-state index in [1.165, 1.54) is 23.5 Å². The van der Waals surface area contributed by atoms with Gasteiger partial charge in [-0.1, -0.05) is 29.9 Å². The fourth-order valence-corrected chi connectivity index (χ4v) is 3.94. The largest absolute Gasteiger partial charge is 0.316 e. The van der Waals surface area contributed by atoms with Crippen molar-refractivity contribution in [3.05, 3.63) is 58.1 Å². The summed E-state index contributed by atoms with van der Waals surface area (Å²) in [6, 6.07) is 9.79. The van der Waals surface area contributed by atoms with Crippen LogP contribution in [0.15, 0.2) is 36.5 Å². The van der Waals surface area contributed by atoms with Crippen molar-refractivity contribution in [2.45, 2.75) is 13.3 Å². The minimum Gasteiger partial charge on any atom is -0.316 e. The minimum atomic E-state index is -0.336. The molecule has 3 aromatic heterocycles. The highest BCUT2D eigenvalue weighted by molar-refractivity contribution is 7.16. The molecule has 1 aromatic carbocycles. The van der Waals surface area contributed by atoms with E-state index in [-0.39, 0.29) is 5.82 Å². The van der Waals surface area contributed by atoms with Crippen molar-refractivity contribution < 1.29 is 4.39 Å². The first-order valence-electron chi connectivity index (χ1n) is 8.46. The van der Waals surface area contributed by atoms with E-state index in [4.69, 9.17) is 11.6 Å². The Labute approximate surface area is 169 Å². The van der Waals surface area contributed by atoms with Crippen molar-refractivity contribution in [2.24, 2.45) is 0 Å². The van der Waals surface area contributed by atoms with Crippen LogP contribution in [-0.2, 0) is 6.42 Å². The molecule has 0 amide bonds. The highest BCUT2D eigenvalue weighted by Crippen LogP contribution is 2.37. The summed E-state index contributed by atoms with van der Waals surface area (Å²) >= 11 is 7.34. The number of halogens is 2. The molecular weight excluding hydrogens is 399 g/mol. The molecule has 0 saturated carbocycles. The maximum absolute atomic E-state index is 13.3. The SMILES string of the molecule is CCc1nn2ccc(Cl)nc2c1N(C)c1nc(-c2ccc(F)cc2)c(C#N)s1. The van der Waals surface area contributed by atoms with Crippen molar-refractivity contribution in [3.8, 4) is 17.3 Å². The Kier molecular flexibility index (Phi) is 4.71. The summed E-state index contributed by atoms with van der Waals surface area (Å²) in [6.45, 7) is 2.01. The van der Waals surface area contributed by atoms with E-state index in [9.17, 15) is 9.65 Å². The van der Waals surface area contributed by atoms with Gasteiger partial charge in [0.2, 0.25) is 0 Å². The number of aromatic nitrogens is 4. The van der Waals surface area contributed by atoms with E-state index in [1.54, 1.807) is 28.9 Å². The van der Waals surface area contributed by atoms with Gasteiger partial charge in [0, 0.05) is 18.8 Å². The van der Waals surface area contributed by atoms with Crippen LogP contribution in [0.1, 0.15) is 17.5 Å². The summed E-state index contributed by atoms with van der Waals surface area (Å²) in [5.74, 6) is -0.336. The lowest BCUT2D eigenvalue weighted by atomic mass is 10.1. The fourth-order valence-electron chi connectivity index (χ4n) is 2.95. The number of anilines is 2. The van der Waals surface area contributed by atoms with Crippen molar-refractivity contribution in [3.63, 3.8) is 0 Å². The molecule has 0 spiro atoms. The zero-order chi connectivity index (χ0) is 19.8. The van der Waals surface area contributed by atoms with Crippen LogP contribution in [0.4, 0.5) is 15.2 Å². The second kappa shape index (κ2) is 7.19. The van der Waals surface area contributed by atoms with Crippen LogP contribution >= 0.6 is 22.9 Å². The van der Waals surface area contributed by atoms with E-state index in [0.717, 1.165) is 11.4 Å². The standard InChI is InChI=1S/C19H14ClFN6S/c1-3-13-17(18-23-15(20)8-9-27(18)25-13)26(2)19-24-16(14(10-22)28-19)11-4-6-12(21)7-5-11/h4-9H,3H2,1-2H3. The molecule has 0 fully saturated rings. The van der Waals surface area contributed by atoms with E-state index < -0.39 is 0 Å². The average molecular weight is 413 g/mol. The molecule has 6 nitrogen and oxygen atoms in total. The maximum atomic E-state index is 13.3. The molecular formula is C19H14ClFN6S. The Balaban J connectivity index is 1.84. The molecule has 4 rings (SSSR count). The van der Waals surface area contributed by atoms with Gasteiger partial charge in [-0.3, -0.25) is 0 Å². The summed E-state index contributed by atoms with van der Waals surface area (Å²) in [7, 11) is 1.85. The smallest absolute Gasteiger partial charge is 0.191 e. The van der Waals surface area contributed by atoms with Crippen molar-refractivity contribution in [1.82, 2.24) is 19.6 Å². The van der Waals surface area contributed by atoms with Gasteiger partial charge in [0.25, 0.3) is 0 Å². The molecule has 0 radical (unpaired) electrons. The number of fused-ring (bicyclic) bond motifs is 1. The Hall–Kier alpha value is -3.02. The topological polar surface area (TPSA) is 70.1 Å². The minimum absolute atomic E-state index is 0.336. The van der Waals surface area contributed by atoms with Crippen LogP contribution in [0, 0.1) is 17.1 Å². The van der Waals surface area contributed by atoms with Crippen LogP contribution < -0.4 is 4.90 Å². The van der Waals surface area contributed by atoms with E-state index >= 15 is 0 Å². The Morgan fingerprint density at radius 3 is 2.68 bits per heavy atom. The van der Waals surface area contributed by atoms with Gasteiger partial charge < -0.3 is 4.90 Å². The van der Waals surface area contributed by atoms with Gasteiger partial charge in [0.1, 0.15) is 33.3 Å². The van der Waals surface area contributed by atoms with E-state index in [0.29, 0.717) is 38.5 Å². The zero-order valence-corrected chi connectivity index (χ0v) is 16.6. The van der Waals surface area contributed by atoms with Gasteiger partial charge in [-0.05, 0) is 36.8 Å². The molecule has 140 valence electrons. The van der Waals surface area contributed by atoms with Crippen LogP contribution in [0.3, 0.4) is 0 Å². The second-order valence-corrected chi connectivity index (χ2v) is 7.38. The van der Waals surface area contributed by atoms with Crippen LogP contribution in [0.5, 0.6) is 0 Å². The normalized spacial score (nSPS) is 11.0. The number of benzene rings is 1. The van der Waals surface area contributed by atoms with E-state index in [2.05, 4.69) is 21.1 Å². The molecule has 0 unspecified atom stereocenters. The van der Waals surface area contributed by atoms with Gasteiger partial charge in [-0.25, -0.2) is 18.9 Å². The van der Waals surface area contributed by atoms with Gasteiger partial charge in [0.15, 0.2) is 10.8 Å². The predicted octanol–water partition coefficient (Wildman–Crippen LogP) is 4.85. The number of nitriles is 1. The summed E-state index contributed by atoms with van der Waals surface area (Å²) < 4.78 is 14.9. The average Bonchev–Trinajstić information content (AvgIpc) is 3.29. The maximum Gasteiger partial charge on any atom is 0.191 e. The third-order valence-electron chi connectivity index (χ3n) is 4.29. The molecule has 3 heterocycles. The number of aryl methyl sites for hydroxylation is 1. The Bertz CT molecular complexity index is 1210. The third-order valence-corrected chi connectivity index (χ3v) is 5.54. The van der Waals surface area contributed by atoms with Gasteiger partial charge in [-0.2, -0.15) is 10.4 Å². The monoisotopic (exact) mass is 412 g/mol. The number of rotatable bonds is 4. The lowest BCUT2D eigenvalue weighted by Gasteiger charge is -2.15. The first-order chi connectivity index (χ1) is 13.5. The van der Waals surface area contributed by atoms with Crippen LogP contribution in [0.25, 0.3) is 16.9 Å². The number of hydrogen-bond donors (Lipinski definition) is 0. The lowest BCUT2D eigenvalue weighted by Crippen LogP contribution is -2.11. The van der Waals surface area contributed by atoms with Gasteiger partial charge in [-0.15, -0.1) is 0 Å². The summed E-state index contributed by atoms with van der Waals surface area (Å²) in [5.41, 5.74) is 3.45. The number of nitrogens with zero attached hydrogens (tertiary/aromatic N) is 6. The molecule has 4 aromatic rings. The van der Waals surface area contributed by atoms with Gasteiger partial charge in [0.05, 0.1) is 5.69 Å². The number of hydrogen-bond acceptors (Lipinski definition) is 6. The highest BCUT2D eigenvalue weighted by atomic mass is 35.5. The van der Waals surface area contributed by atoms with Crippen LogP contribution in [0.2, 0.25) is 5.15 Å². The quantitative estimate of drug-likeness (QED) is 0.448. The van der Waals surface area contributed by atoms with Gasteiger partial charge >= 0.3 is 0 Å². The summed E-state index contributed by atoms with van der Waals surface area (Å²) in [6.07, 6.45) is 2.45. The molecule has 0 saturated heterocycles. The highest BCUT2D eigenvalue weighted by Gasteiger charge is 2.22. The van der Waals surface area contributed by atoms with Crippen molar-refractivity contribution >= 4 is 39.4 Å². The molecule has 0 atom stereocenters. The summed E-state index contributed by atoms with van der Waals surface area (Å²) in [5, 5.41) is 15.1. The lowest BCUT2D eigenvalue weighted by molar-refractivity contribution is 0.628. The molecule has 0 aliphatic rings. The molecule has 0 aliphatic heterocycles.